The number of amides is 2. The third-order valence-corrected chi connectivity index (χ3v) is 6.78. The summed E-state index contributed by atoms with van der Waals surface area (Å²) in [6, 6.07) is 7.92. The van der Waals surface area contributed by atoms with Gasteiger partial charge in [-0.25, -0.2) is 4.98 Å². The van der Waals surface area contributed by atoms with Gasteiger partial charge in [-0.3, -0.25) is 19.4 Å². The van der Waals surface area contributed by atoms with Gasteiger partial charge in [0.05, 0.1) is 28.9 Å². The first-order valence-electron chi connectivity index (χ1n) is 10.5. The molecular weight excluding hydrogens is 414 g/mol. The van der Waals surface area contributed by atoms with Crippen molar-refractivity contribution in [3.05, 3.63) is 41.3 Å². The monoisotopic (exact) mass is 441 g/mol. The van der Waals surface area contributed by atoms with E-state index in [1.54, 1.807) is 4.90 Å². The molecular formula is C22H27N5O3S. The molecule has 1 aliphatic rings. The number of carbonyl (C=O) groups is 2. The number of benzene rings is 1. The second-order valence-corrected chi connectivity index (χ2v) is 8.75. The lowest BCUT2D eigenvalue weighted by atomic mass is 10.1. The molecule has 2 amide bonds. The molecule has 9 heteroatoms. The average molecular weight is 442 g/mol. The van der Waals surface area contributed by atoms with Crippen molar-refractivity contribution in [3.8, 4) is 0 Å². The Morgan fingerprint density at radius 2 is 1.90 bits per heavy atom. The molecule has 0 atom stereocenters. The lowest BCUT2D eigenvalue weighted by Gasteiger charge is -2.35. The summed E-state index contributed by atoms with van der Waals surface area (Å²) >= 11 is 1.54. The SMILES string of the molecule is CCN(C(=O)CN1CCN(C(=O)Cc2c(C)noc2C)CC1)c1nc2ccccc2s1. The van der Waals surface area contributed by atoms with Gasteiger partial charge in [-0.1, -0.05) is 28.6 Å². The third-order valence-electron chi connectivity index (χ3n) is 5.72. The molecule has 1 fully saturated rings. The van der Waals surface area contributed by atoms with E-state index in [9.17, 15) is 9.59 Å². The molecule has 0 unspecified atom stereocenters. The molecule has 4 rings (SSSR count). The van der Waals surface area contributed by atoms with E-state index in [4.69, 9.17) is 4.52 Å². The highest BCUT2D eigenvalue weighted by atomic mass is 32.1. The Bertz CT molecular complexity index is 1030. The number of hydrogen-bond acceptors (Lipinski definition) is 7. The number of para-hydroxylation sites is 1. The number of anilines is 1. The molecule has 0 aliphatic carbocycles. The van der Waals surface area contributed by atoms with E-state index >= 15 is 0 Å². The van der Waals surface area contributed by atoms with Crippen LogP contribution < -0.4 is 4.90 Å². The normalized spacial score (nSPS) is 14.9. The van der Waals surface area contributed by atoms with Crippen molar-refractivity contribution in [2.75, 3.05) is 44.2 Å². The van der Waals surface area contributed by atoms with Crippen molar-refractivity contribution < 1.29 is 14.1 Å². The van der Waals surface area contributed by atoms with Gasteiger partial charge < -0.3 is 9.42 Å². The number of hydrogen-bond donors (Lipinski definition) is 0. The minimum Gasteiger partial charge on any atom is -0.361 e. The summed E-state index contributed by atoms with van der Waals surface area (Å²) in [6.45, 7) is 9.14. The van der Waals surface area contributed by atoms with Crippen LogP contribution in [-0.2, 0) is 16.0 Å². The number of aromatic nitrogens is 2. The maximum Gasteiger partial charge on any atom is 0.242 e. The van der Waals surface area contributed by atoms with E-state index in [0.29, 0.717) is 51.4 Å². The topological polar surface area (TPSA) is 82.8 Å². The Labute approximate surface area is 185 Å². The number of likely N-dealkylation sites (N-methyl/N-ethyl adjacent to an activating group) is 1. The summed E-state index contributed by atoms with van der Waals surface area (Å²) in [7, 11) is 0. The number of aryl methyl sites for hydroxylation is 2. The fourth-order valence-corrected chi connectivity index (χ4v) is 4.89. The summed E-state index contributed by atoms with van der Waals surface area (Å²) in [4.78, 5) is 36.0. The quantitative estimate of drug-likeness (QED) is 0.585. The fraction of sp³-hybridized carbons (Fsp3) is 0.455. The van der Waals surface area contributed by atoms with Gasteiger partial charge in [0.2, 0.25) is 11.8 Å². The van der Waals surface area contributed by atoms with Gasteiger partial charge in [0.25, 0.3) is 0 Å². The Morgan fingerprint density at radius 1 is 1.16 bits per heavy atom. The van der Waals surface area contributed by atoms with Crippen LogP contribution in [-0.4, -0.2) is 71.0 Å². The van der Waals surface area contributed by atoms with Crippen LogP contribution in [0.15, 0.2) is 28.8 Å². The zero-order valence-electron chi connectivity index (χ0n) is 18.1. The first-order chi connectivity index (χ1) is 15.0. The summed E-state index contributed by atoms with van der Waals surface area (Å²) in [5.41, 5.74) is 2.56. The van der Waals surface area contributed by atoms with Crippen LogP contribution in [0.2, 0.25) is 0 Å². The third kappa shape index (κ3) is 4.62. The van der Waals surface area contributed by atoms with Crippen LogP contribution in [0.25, 0.3) is 10.2 Å². The van der Waals surface area contributed by atoms with E-state index in [1.807, 2.05) is 49.9 Å². The van der Waals surface area contributed by atoms with Gasteiger partial charge in [0.1, 0.15) is 5.76 Å². The summed E-state index contributed by atoms with van der Waals surface area (Å²) in [6.07, 6.45) is 0.307. The fourth-order valence-electron chi connectivity index (χ4n) is 3.84. The molecule has 2 aromatic heterocycles. The molecule has 8 nitrogen and oxygen atoms in total. The summed E-state index contributed by atoms with van der Waals surface area (Å²) < 4.78 is 6.24. The number of carbonyl (C=O) groups excluding carboxylic acids is 2. The number of piperazine rings is 1. The predicted octanol–water partition coefficient (Wildman–Crippen LogP) is 2.64. The number of thiazole rings is 1. The molecule has 3 heterocycles. The van der Waals surface area contributed by atoms with Crippen molar-refractivity contribution in [1.29, 1.82) is 0 Å². The zero-order valence-corrected chi connectivity index (χ0v) is 18.9. The number of fused-ring (bicyclic) bond motifs is 1. The Kier molecular flexibility index (Phi) is 6.33. The molecule has 1 saturated heterocycles. The highest BCUT2D eigenvalue weighted by Gasteiger charge is 2.26. The zero-order chi connectivity index (χ0) is 22.0. The highest BCUT2D eigenvalue weighted by molar-refractivity contribution is 7.22. The molecule has 0 radical (unpaired) electrons. The van der Waals surface area contributed by atoms with Gasteiger partial charge >= 0.3 is 0 Å². The molecule has 31 heavy (non-hydrogen) atoms. The van der Waals surface area contributed by atoms with E-state index in [0.717, 1.165) is 26.6 Å². The molecule has 0 saturated carbocycles. The van der Waals surface area contributed by atoms with Gasteiger partial charge in [-0.15, -0.1) is 0 Å². The highest BCUT2D eigenvalue weighted by Crippen LogP contribution is 2.28. The average Bonchev–Trinajstić information content (AvgIpc) is 3.33. The molecule has 3 aromatic rings. The molecule has 1 aromatic carbocycles. The number of nitrogens with zero attached hydrogens (tertiary/aromatic N) is 5. The smallest absolute Gasteiger partial charge is 0.242 e. The van der Waals surface area contributed by atoms with Crippen LogP contribution in [0.3, 0.4) is 0 Å². The van der Waals surface area contributed by atoms with Crippen LogP contribution >= 0.6 is 11.3 Å². The van der Waals surface area contributed by atoms with E-state index in [1.165, 1.54) is 11.3 Å². The van der Waals surface area contributed by atoms with E-state index < -0.39 is 0 Å². The lowest BCUT2D eigenvalue weighted by molar-refractivity contribution is -0.132. The van der Waals surface area contributed by atoms with Crippen molar-refractivity contribution in [2.45, 2.75) is 27.2 Å². The molecule has 0 spiro atoms. The van der Waals surface area contributed by atoms with Gasteiger partial charge in [-0.2, -0.15) is 0 Å². The van der Waals surface area contributed by atoms with Gasteiger partial charge in [0.15, 0.2) is 5.13 Å². The van der Waals surface area contributed by atoms with Crippen molar-refractivity contribution >= 4 is 38.5 Å². The second kappa shape index (κ2) is 9.15. The van der Waals surface area contributed by atoms with Crippen molar-refractivity contribution in [2.24, 2.45) is 0 Å². The minimum absolute atomic E-state index is 0.0389. The Hall–Kier alpha value is -2.78. The predicted molar refractivity (Wildman–Crippen MR) is 120 cm³/mol. The first-order valence-corrected chi connectivity index (χ1v) is 11.4. The second-order valence-electron chi connectivity index (χ2n) is 7.74. The van der Waals surface area contributed by atoms with Gasteiger partial charge in [-0.05, 0) is 32.9 Å². The largest absolute Gasteiger partial charge is 0.361 e. The molecule has 0 bridgehead atoms. The summed E-state index contributed by atoms with van der Waals surface area (Å²) in [5.74, 6) is 0.812. The van der Waals surface area contributed by atoms with Crippen LogP contribution in [0.5, 0.6) is 0 Å². The van der Waals surface area contributed by atoms with Crippen molar-refractivity contribution in [3.63, 3.8) is 0 Å². The minimum atomic E-state index is 0.0389. The summed E-state index contributed by atoms with van der Waals surface area (Å²) in [5, 5.41) is 4.66. The van der Waals surface area contributed by atoms with E-state index in [-0.39, 0.29) is 11.8 Å². The van der Waals surface area contributed by atoms with Crippen LogP contribution in [0.4, 0.5) is 5.13 Å². The lowest BCUT2D eigenvalue weighted by Crippen LogP contribution is -2.52. The maximum atomic E-state index is 13.0. The standard InChI is InChI=1S/C22H27N5O3S/c1-4-27(22-23-18-7-5-6-8-19(18)31-22)21(29)14-25-9-11-26(12-10-25)20(28)13-17-15(2)24-30-16(17)3/h5-8H,4,9-14H2,1-3H3. The maximum absolute atomic E-state index is 13.0. The molecule has 0 N–H and O–H groups in total. The molecule has 1 aliphatic heterocycles. The first kappa shape index (κ1) is 21.5. The Balaban J connectivity index is 1.32. The van der Waals surface area contributed by atoms with Crippen molar-refractivity contribution in [1.82, 2.24) is 19.9 Å². The van der Waals surface area contributed by atoms with E-state index in [2.05, 4.69) is 15.0 Å². The van der Waals surface area contributed by atoms with Crippen LogP contribution in [0, 0.1) is 13.8 Å². The molecule has 164 valence electrons. The van der Waals surface area contributed by atoms with Gasteiger partial charge in [0, 0.05) is 38.3 Å². The number of rotatable bonds is 6. The Morgan fingerprint density at radius 3 is 2.55 bits per heavy atom. The van der Waals surface area contributed by atoms with Crippen LogP contribution in [0.1, 0.15) is 23.9 Å².